The molecule has 30 heavy (non-hydrogen) atoms. The maximum absolute atomic E-state index is 6.30. The smallest absolute Gasteiger partial charge is 0.231 e. The van der Waals surface area contributed by atoms with E-state index < -0.39 is 11.9 Å². The fraction of sp³-hybridized carbons (Fsp3) is 0.455. The van der Waals surface area contributed by atoms with Gasteiger partial charge in [-0.15, -0.1) is 0 Å². The van der Waals surface area contributed by atoms with Gasteiger partial charge in [0.05, 0.1) is 13.7 Å². The second kappa shape index (κ2) is 8.59. The van der Waals surface area contributed by atoms with Crippen molar-refractivity contribution in [2.45, 2.75) is 31.8 Å². The maximum atomic E-state index is 6.30. The number of fused-ring (bicyclic) bond motifs is 1. The minimum absolute atomic E-state index is 0.0831. The molecule has 0 amide bonds. The van der Waals surface area contributed by atoms with E-state index in [2.05, 4.69) is 0 Å². The van der Waals surface area contributed by atoms with Crippen molar-refractivity contribution in [1.82, 2.24) is 0 Å². The van der Waals surface area contributed by atoms with Crippen LogP contribution in [-0.2, 0) is 14.2 Å². The van der Waals surface area contributed by atoms with Crippen molar-refractivity contribution in [3.8, 4) is 28.7 Å². The molecular weight excluding hydrogens is 392 g/mol. The lowest BCUT2D eigenvalue weighted by Crippen LogP contribution is -2.46. The molecule has 162 valence electrons. The Morgan fingerprint density at radius 2 is 1.83 bits per heavy atom. The van der Waals surface area contributed by atoms with Gasteiger partial charge >= 0.3 is 0 Å². The summed E-state index contributed by atoms with van der Waals surface area (Å²) in [7, 11) is 3.15. The Balaban J connectivity index is 1.61. The van der Waals surface area contributed by atoms with Crippen molar-refractivity contribution in [1.29, 1.82) is 0 Å². The molecule has 2 aliphatic heterocycles. The van der Waals surface area contributed by atoms with Gasteiger partial charge in [-0.2, -0.15) is 0 Å². The highest BCUT2D eigenvalue weighted by atomic mass is 16.7. The first-order valence-electron chi connectivity index (χ1n) is 9.67. The van der Waals surface area contributed by atoms with E-state index >= 15 is 0 Å². The third-order valence-electron chi connectivity index (χ3n) is 4.83. The number of benzene rings is 2. The Labute approximate surface area is 175 Å². The summed E-state index contributed by atoms with van der Waals surface area (Å²) in [6.45, 7) is 4.39. The van der Waals surface area contributed by atoms with Gasteiger partial charge in [-0.25, -0.2) is 0 Å². The van der Waals surface area contributed by atoms with E-state index in [0.717, 1.165) is 5.56 Å². The quantitative estimate of drug-likeness (QED) is 0.631. The predicted molar refractivity (Wildman–Crippen MR) is 106 cm³/mol. The van der Waals surface area contributed by atoms with Crippen LogP contribution in [0.15, 0.2) is 36.4 Å². The molecule has 0 spiro atoms. The van der Waals surface area contributed by atoms with Crippen LogP contribution in [0.2, 0.25) is 0 Å². The summed E-state index contributed by atoms with van der Waals surface area (Å²) < 4.78 is 45.3. The summed E-state index contributed by atoms with van der Waals surface area (Å²) in [6, 6.07) is 11.1. The first kappa shape index (κ1) is 20.6. The zero-order valence-corrected chi connectivity index (χ0v) is 17.5. The monoisotopic (exact) mass is 418 g/mol. The van der Waals surface area contributed by atoms with Gasteiger partial charge in [0.1, 0.15) is 11.9 Å². The molecule has 0 N–H and O–H groups in total. The van der Waals surface area contributed by atoms with Gasteiger partial charge in [0.15, 0.2) is 41.7 Å². The van der Waals surface area contributed by atoms with Gasteiger partial charge in [-0.05, 0) is 43.7 Å². The van der Waals surface area contributed by atoms with Crippen LogP contribution in [-0.4, -0.2) is 46.3 Å². The molecule has 1 fully saturated rings. The SMILES string of the molecule is COCOc1cc(OC)ccc1O[C@@H]1COC(C)(C)O[C@H]1c1ccc2c(c1)OCO2. The van der Waals surface area contributed by atoms with Gasteiger partial charge in [-0.3, -0.25) is 0 Å². The van der Waals surface area contributed by atoms with E-state index in [9.17, 15) is 0 Å². The normalized spacial score (nSPS) is 21.9. The largest absolute Gasteiger partial charge is 0.497 e. The Kier molecular flexibility index (Phi) is 5.90. The number of ether oxygens (including phenoxy) is 8. The van der Waals surface area contributed by atoms with Crippen LogP contribution in [0, 0.1) is 0 Å². The molecular formula is C22H26O8. The molecule has 2 atom stereocenters. The molecule has 2 aliphatic rings. The topological polar surface area (TPSA) is 73.8 Å². The van der Waals surface area contributed by atoms with Gasteiger partial charge < -0.3 is 37.9 Å². The molecule has 0 unspecified atom stereocenters. The van der Waals surface area contributed by atoms with Crippen molar-refractivity contribution < 1.29 is 37.9 Å². The number of methoxy groups -OCH3 is 2. The summed E-state index contributed by atoms with van der Waals surface area (Å²) >= 11 is 0. The zero-order chi connectivity index (χ0) is 21.1. The molecule has 0 aliphatic carbocycles. The van der Waals surface area contributed by atoms with E-state index in [0.29, 0.717) is 35.4 Å². The molecule has 0 bridgehead atoms. The fourth-order valence-electron chi connectivity index (χ4n) is 3.37. The highest BCUT2D eigenvalue weighted by molar-refractivity contribution is 5.47. The summed E-state index contributed by atoms with van der Waals surface area (Å²) in [4.78, 5) is 0. The van der Waals surface area contributed by atoms with E-state index in [1.807, 2.05) is 32.0 Å². The van der Waals surface area contributed by atoms with Gasteiger partial charge in [0.2, 0.25) is 6.79 Å². The standard InChI is InChI=1S/C22H26O8/c1-22(2)28-11-20(21(30-22)14-5-7-16-18(9-14)27-13-26-16)29-17-8-6-15(24-4)10-19(17)25-12-23-3/h5-10,20-21H,11-13H2,1-4H3/t20-,21+/m1/s1. The number of hydrogen-bond acceptors (Lipinski definition) is 8. The van der Waals surface area contributed by atoms with E-state index in [4.69, 9.17) is 37.9 Å². The lowest BCUT2D eigenvalue weighted by Gasteiger charge is -2.41. The molecule has 2 heterocycles. The summed E-state index contributed by atoms with van der Waals surface area (Å²) in [5, 5.41) is 0. The minimum atomic E-state index is -0.754. The Morgan fingerprint density at radius 3 is 2.63 bits per heavy atom. The summed E-state index contributed by atoms with van der Waals surface area (Å²) in [5.74, 6) is 2.34. The zero-order valence-electron chi connectivity index (χ0n) is 17.5. The number of hydrogen-bond donors (Lipinski definition) is 0. The number of rotatable bonds is 7. The summed E-state index contributed by atoms with van der Waals surface area (Å²) in [5.41, 5.74) is 0.911. The summed E-state index contributed by atoms with van der Waals surface area (Å²) in [6.07, 6.45) is -0.808. The lowest BCUT2D eigenvalue weighted by atomic mass is 10.0. The fourth-order valence-corrected chi connectivity index (χ4v) is 3.37. The lowest BCUT2D eigenvalue weighted by molar-refractivity contribution is -0.302. The Bertz CT molecular complexity index is 881. The van der Waals surface area contributed by atoms with Crippen LogP contribution in [0.25, 0.3) is 0 Å². The third-order valence-corrected chi connectivity index (χ3v) is 4.83. The second-order valence-electron chi connectivity index (χ2n) is 7.38. The van der Waals surface area contributed by atoms with Gasteiger partial charge in [0.25, 0.3) is 0 Å². The van der Waals surface area contributed by atoms with Crippen molar-refractivity contribution >= 4 is 0 Å². The molecule has 2 aromatic carbocycles. The molecule has 0 radical (unpaired) electrons. The highest BCUT2D eigenvalue weighted by Gasteiger charge is 2.40. The second-order valence-corrected chi connectivity index (χ2v) is 7.38. The molecule has 8 nitrogen and oxygen atoms in total. The Morgan fingerprint density at radius 1 is 1.00 bits per heavy atom. The van der Waals surface area contributed by atoms with E-state index in [-0.39, 0.29) is 19.7 Å². The molecule has 8 heteroatoms. The van der Waals surface area contributed by atoms with Crippen LogP contribution < -0.4 is 23.7 Å². The van der Waals surface area contributed by atoms with Crippen LogP contribution in [0.1, 0.15) is 25.5 Å². The molecule has 0 saturated carbocycles. The molecule has 4 rings (SSSR count). The van der Waals surface area contributed by atoms with E-state index in [1.54, 1.807) is 32.4 Å². The highest BCUT2D eigenvalue weighted by Crippen LogP contribution is 2.41. The first-order chi connectivity index (χ1) is 14.5. The van der Waals surface area contributed by atoms with Crippen LogP contribution in [0.4, 0.5) is 0 Å². The third kappa shape index (κ3) is 4.40. The van der Waals surface area contributed by atoms with Gasteiger partial charge in [-0.1, -0.05) is 6.07 Å². The van der Waals surface area contributed by atoms with Gasteiger partial charge in [0, 0.05) is 13.2 Å². The average molecular weight is 418 g/mol. The molecule has 1 saturated heterocycles. The molecule has 2 aromatic rings. The average Bonchev–Trinajstić information content (AvgIpc) is 3.21. The van der Waals surface area contributed by atoms with Crippen LogP contribution in [0.5, 0.6) is 28.7 Å². The van der Waals surface area contributed by atoms with Crippen LogP contribution >= 0.6 is 0 Å². The molecule has 0 aromatic heterocycles. The van der Waals surface area contributed by atoms with Crippen molar-refractivity contribution in [2.75, 3.05) is 34.4 Å². The Hall–Kier alpha value is -2.68. The minimum Gasteiger partial charge on any atom is -0.497 e. The first-order valence-corrected chi connectivity index (χ1v) is 9.67. The van der Waals surface area contributed by atoms with Crippen molar-refractivity contribution in [3.05, 3.63) is 42.0 Å². The predicted octanol–water partition coefficient (Wildman–Crippen LogP) is 3.68. The van der Waals surface area contributed by atoms with E-state index in [1.165, 1.54) is 0 Å². The maximum Gasteiger partial charge on any atom is 0.231 e. The van der Waals surface area contributed by atoms with Crippen molar-refractivity contribution in [2.24, 2.45) is 0 Å². The van der Waals surface area contributed by atoms with Crippen molar-refractivity contribution in [3.63, 3.8) is 0 Å². The van der Waals surface area contributed by atoms with Crippen LogP contribution in [0.3, 0.4) is 0 Å².